The quantitative estimate of drug-likeness (QED) is 0.223. The van der Waals surface area contributed by atoms with Gasteiger partial charge in [0.05, 0.1) is 11.7 Å². The molecule has 0 aliphatic rings. The zero-order valence-electron chi connectivity index (χ0n) is 21.5. The summed E-state index contributed by atoms with van der Waals surface area (Å²) in [4.78, 5) is 37.2. The Bertz CT molecular complexity index is 1210. The summed E-state index contributed by atoms with van der Waals surface area (Å²) in [5.41, 5.74) is 2.74. The van der Waals surface area contributed by atoms with Crippen LogP contribution in [-0.2, 0) is 16.0 Å². The van der Waals surface area contributed by atoms with Crippen molar-refractivity contribution < 1.29 is 9.59 Å². The number of nitrogens with one attached hydrogen (secondary N) is 4. The maximum absolute atomic E-state index is 12.5. The first-order valence-electron chi connectivity index (χ1n) is 11.9. The Morgan fingerprint density at radius 2 is 2.00 bits per heavy atom. The highest BCUT2D eigenvalue weighted by molar-refractivity contribution is 5.92. The van der Waals surface area contributed by atoms with Gasteiger partial charge in [-0.2, -0.15) is 10.1 Å². The van der Waals surface area contributed by atoms with Gasteiger partial charge in [0.1, 0.15) is 11.9 Å². The van der Waals surface area contributed by atoms with E-state index < -0.39 is 6.04 Å². The van der Waals surface area contributed by atoms with Crippen LogP contribution in [0.5, 0.6) is 0 Å². The Hall–Kier alpha value is -3.99. The van der Waals surface area contributed by atoms with Gasteiger partial charge >= 0.3 is 0 Å². The topological polar surface area (TPSA) is 131 Å². The van der Waals surface area contributed by atoms with E-state index in [4.69, 9.17) is 0 Å². The number of amides is 2. The molecule has 2 heterocycles. The second-order valence-corrected chi connectivity index (χ2v) is 8.80. The third-order valence-corrected chi connectivity index (χ3v) is 5.76. The lowest BCUT2D eigenvalue weighted by Gasteiger charge is -2.23. The van der Waals surface area contributed by atoms with E-state index in [1.54, 1.807) is 32.4 Å². The van der Waals surface area contributed by atoms with Crippen LogP contribution in [0.3, 0.4) is 0 Å². The number of carbonyl (C=O) groups is 2. The average Bonchev–Trinajstić information content (AvgIpc) is 3.33. The predicted molar refractivity (Wildman–Crippen MR) is 142 cm³/mol. The van der Waals surface area contributed by atoms with Crippen molar-refractivity contribution in [3.8, 4) is 0 Å². The van der Waals surface area contributed by atoms with Crippen molar-refractivity contribution in [2.75, 3.05) is 51.9 Å². The summed E-state index contributed by atoms with van der Waals surface area (Å²) in [6.45, 7) is 2.86. The van der Waals surface area contributed by atoms with Crippen LogP contribution >= 0.6 is 0 Å². The van der Waals surface area contributed by atoms with E-state index in [-0.39, 0.29) is 11.8 Å². The number of nitrogens with zero attached hydrogens (tertiary/aromatic N) is 5. The molecule has 2 amide bonds. The highest BCUT2D eigenvalue weighted by atomic mass is 16.2. The highest BCUT2D eigenvalue weighted by Crippen LogP contribution is 2.21. The lowest BCUT2D eigenvalue weighted by molar-refractivity contribution is -0.135. The maximum atomic E-state index is 12.5. The number of aromatic amines is 1. The van der Waals surface area contributed by atoms with Crippen LogP contribution in [0.1, 0.15) is 18.9 Å². The lowest BCUT2D eigenvalue weighted by Crippen LogP contribution is -2.45. The molecule has 0 unspecified atom stereocenters. The number of H-pyrrole nitrogens is 1. The van der Waals surface area contributed by atoms with Gasteiger partial charge in [-0.3, -0.25) is 14.7 Å². The molecule has 0 bridgehead atoms. The molecule has 0 saturated carbocycles. The molecule has 0 aliphatic heterocycles. The Morgan fingerprint density at radius 3 is 2.75 bits per heavy atom. The molecule has 0 aliphatic carbocycles. The number of aromatic nitrogens is 4. The second-order valence-electron chi connectivity index (χ2n) is 8.80. The minimum Gasteiger partial charge on any atom is -0.373 e. The van der Waals surface area contributed by atoms with Gasteiger partial charge in [0.15, 0.2) is 0 Å². The van der Waals surface area contributed by atoms with Crippen molar-refractivity contribution in [3.63, 3.8) is 0 Å². The van der Waals surface area contributed by atoms with Crippen molar-refractivity contribution in [1.29, 1.82) is 0 Å². The van der Waals surface area contributed by atoms with E-state index in [2.05, 4.69) is 36.1 Å². The molecule has 11 heteroatoms. The summed E-state index contributed by atoms with van der Waals surface area (Å²) in [7, 11) is 7.30. The molecule has 3 aromatic rings. The number of benzene rings is 1. The normalized spacial score (nSPS) is 12.2. The zero-order chi connectivity index (χ0) is 26.1. The van der Waals surface area contributed by atoms with Gasteiger partial charge in [0.2, 0.25) is 17.8 Å². The Balaban J connectivity index is 1.48. The molecule has 4 N–H and O–H groups in total. The molecule has 3 rings (SSSR count). The van der Waals surface area contributed by atoms with Gasteiger partial charge in [-0.25, -0.2) is 4.98 Å². The molecule has 2 aromatic heterocycles. The van der Waals surface area contributed by atoms with Crippen LogP contribution in [0.15, 0.2) is 42.7 Å². The van der Waals surface area contributed by atoms with Crippen LogP contribution in [0.4, 0.5) is 17.5 Å². The Kier molecular flexibility index (Phi) is 9.34. The summed E-state index contributed by atoms with van der Waals surface area (Å²) in [5.74, 6) is 0.820. The zero-order valence-corrected chi connectivity index (χ0v) is 21.5. The van der Waals surface area contributed by atoms with E-state index in [9.17, 15) is 9.59 Å². The molecular formula is C25H35N9O2. The molecule has 11 nitrogen and oxygen atoms in total. The first kappa shape index (κ1) is 26.6. The number of hydrogen-bond acceptors (Lipinski definition) is 8. The number of likely N-dealkylation sites (N-methyl/N-ethyl adjacent to an activating group) is 2. The lowest BCUT2D eigenvalue weighted by atomic mass is 10.1. The minimum absolute atomic E-state index is 0.189. The second kappa shape index (κ2) is 12.6. The highest BCUT2D eigenvalue weighted by Gasteiger charge is 2.20. The van der Waals surface area contributed by atoms with Crippen molar-refractivity contribution >= 4 is 40.2 Å². The minimum atomic E-state index is -0.566. The molecule has 1 atom stereocenters. The molecule has 0 radical (unpaired) electrons. The largest absolute Gasteiger partial charge is 0.373 e. The molecule has 0 spiro atoms. The third-order valence-electron chi connectivity index (χ3n) is 5.76. The third kappa shape index (κ3) is 7.25. The number of aryl methyl sites for hydroxylation is 1. The van der Waals surface area contributed by atoms with E-state index in [1.165, 1.54) is 11.0 Å². The van der Waals surface area contributed by atoms with Gasteiger partial charge in [-0.15, -0.1) is 0 Å². The summed E-state index contributed by atoms with van der Waals surface area (Å²) in [6, 6.07) is 5.30. The molecule has 1 aromatic carbocycles. The molecular weight excluding hydrogens is 458 g/mol. The van der Waals surface area contributed by atoms with Gasteiger partial charge in [0.25, 0.3) is 0 Å². The number of hydrogen-bond donors (Lipinski definition) is 4. The smallest absolute Gasteiger partial charge is 0.246 e. The van der Waals surface area contributed by atoms with Crippen molar-refractivity contribution in [2.45, 2.75) is 25.8 Å². The van der Waals surface area contributed by atoms with Gasteiger partial charge in [0, 0.05) is 56.1 Å². The van der Waals surface area contributed by atoms with Gasteiger partial charge in [-0.05, 0) is 52.1 Å². The summed E-state index contributed by atoms with van der Waals surface area (Å²) < 4.78 is 0. The standard InChI is InChI=1S/C25H35N9O2/c1-17(34(5)22(35)9-7-13-33(3)4)24(36)27-12-6-8-19-15-28-25(31-23(19)26-2)30-20-11-10-18-16-29-32-21(18)14-20/h7,9-11,14-17H,6,8,12-13H2,1-5H3,(H,27,36)(H,29,32)(H2,26,28,30,31)/b9-7+/t17-/m0/s1. The van der Waals surface area contributed by atoms with Gasteiger partial charge in [-0.1, -0.05) is 6.08 Å². The SMILES string of the molecule is CNc1nc(Nc2ccc3cn[nH]c3c2)ncc1CCCNC(=O)[C@H](C)N(C)C(=O)/C=C/CN(C)C. The monoisotopic (exact) mass is 493 g/mol. The fourth-order valence-electron chi connectivity index (χ4n) is 3.50. The van der Waals surface area contributed by atoms with E-state index in [0.29, 0.717) is 31.9 Å². The molecule has 192 valence electrons. The fourth-order valence-corrected chi connectivity index (χ4v) is 3.50. The average molecular weight is 494 g/mol. The number of rotatable bonds is 12. The summed E-state index contributed by atoms with van der Waals surface area (Å²) in [5, 5.41) is 17.3. The predicted octanol–water partition coefficient (Wildman–Crippen LogP) is 2.15. The first-order valence-corrected chi connectivity index (χ1v) is 11.9. The van der Waals surface area contributed by atoms with Crippen molar-refractivity contribution in [3.05, 3.63) is 48.3 Å². The molecule has 36 heavy (non-hydrogen) atoms. The Labute approximate surface area is 211 Å². The van der Waals surface area contributed by atoms with Crippen molar-refractivity contribution in [1.82, 2.24) is 35.3 Å². The van der Waals surface area contributed by atoms with Crippen molar-refractivity contribution in [2.24, 2.45) is 0 Å². The van der Waals surface area contributed by atoms with Crippen LogP contribution < -0.4 is 16.0 Å². The van der Waals surface area contributed by atoms with E-state index >= 15 is 0 Å². The van der Waals surface area contributed by atoms with Crippen LogP contribution in [0.2, 0.25) is 0 Å². The Morgan fingerprint density at radius 1 is 1.19 bits per heavy atom. The molecule has 0 saturated heterocycles. The summed E-state index contributed by atoms with van der Waals surface area (Å²) >= 11 is 0. The molecule has 0 fully saturated rings. The first-order chi connectivity index (χ1) is 17.3. The van der Waals surface area contributed by atoms with Crippen LogP contribution in [0, 0.1) is 0 Å². The van der Waals surface area contributed by atoms with Gasteiger partial charge < -0.3 is 25.8 Å². The number of fused-ring (bicyclic) bond motifs is 1. The number of carbonyl (C=O) groups excluding carboxylic acids is 2. The van der Waals surface area contributed by atoms with E-state index in [0.717, 1.165) is 28.0 Å². The fraction of sp³-hybridized carbons (Fsp3) is 0.400. The van der Waals surface area contributed by atoms with Crippen LogP contribution in [0.25, 0.3) is 10.9 Å². The number of anilines is 3. The van der Waals surface area contributed by atoms with E-state index in [1.807, 2.05) is 44.2 Å². The summed E-state index contributed by atoms with van der Waals surface area (Å²) in [6.07, 6.45) is 8.23. The van der Waals surface area contributed by atoms with Crippen LogP contribution in [-0.4, -0.2) is 89.1 Å². The maximum Gasteiger partial charge on any atom is 0.246 e.